The van der Waals surface area contributed by atoms with Gasteiger partial charge in [0, 0.05) is 16.5 Å². The van der Waals surface area contributed by atoms with Crippen molar-refractivity contribution in [2.45, 2.75) is 26.2 Å². The second-order valence-corrected chi connectivity index (χ2v) is 7.03. The quantitative estimate of drug-likeness (QED) is 0.844. The van der Waals surface area contributed by atoms with E-state index in [1.807, 2.05) is 20.8 Å². The Hall–Kier alpha value is -1.53. The molecule has 1 heterocycles. The number of nitrogens with one attached hydrogen (secondary N) is 1. The fraction of sp³-hybridized carbons (Fsp3) is 0.333. The second kappa shape index (κ2) is 6.71. The summed E-state index contributed by atoms with van der Waals surface area (Å²) in [5.41, 5.74) is 0.626. The van der Waals surface area contributed by atoms with E-state index in [-0.39, 0.29) is 17.9 Å². The Bertz CT molecular complexity index is 680. The third-order valence-corrected chi connectivity index (χ3v) is 3.65. The van der Waals surface area contributed by atoms with Gasteiger partial charge in [0.25, 0.3) is 5.91 Å². The van der Waals surface area contributed by atoms with Gasteiger partial charge in [0.15, 0.2) is 6.61 Å². The van der Waals surface area contributed by atoms with Gasteiger partial charge < -0.3 is 9.26 Å². The van der Waals surface area contributed by atoms with Crippen molar-refractivity contribution in [1.29, 1.82) is 0 Å². The zero-order chi connectivity index (χ0) is 16.3. The molecular formula is C15H16BrClN2O3. The molecule has 0 bridgehead atoms. The minimum Gasteiger partial charge on any atom is -0.483 e. The molecule has 5 nitrogen and oxygen atoms in total. The molecule has 2 rings (SSSR count). The molecule has 0 fully saturated rings. The fourth-order valence-electron chi connectivity index (χ4n) is 1.60. The summed E-state index contributed by atoms with van der Waals surface area (Å²) in [6.45, 7) is 5.89. The summed E-state index contributed by atoms with van der Waals surface area (Å²) in [6, 6.07) is 6.77. The molecule has 0 unspecified atom stereocenters. The number of halogens is 2. The van der Waals surface area contributed by atoms with Crippen LogP contribution in [0.3, 0.4) is 0 Å². The van der Waals surface area contributed by atoms with Gasteiger partial charge in [-0.05, 0) is 34.1 Å². The maximum atomic E-state index is 11.9. The summed E-state index contributed by atoms with van der Waals surface area (Å²) < 4.78 is 11.2. The molecule has 0 aliphatic rings. The zero-order valence-electron chi connectivity index (χ0n) is 12.4. The van der Waals surface area contributed by atoms with Gasteiger partial charge in [-0.2, -0.15) is 0 Å². The number of hydrogen-bond donors (Lipinski definition) is 1. The lowest BCUT2D eigenvalue weighted by molar-refractivity contribution is -0.118. The van der Waals surface area contributed by atoms with Crippen LogP contribution in [0.1, 0.15) is 26.5 Å². The van der Waals surface area contributed by atoms with Crippen molar-refractivity contribution in [3.63, 3.8) is 0 Å². The Labute approximate surface area is 142 Å². The Morgan fingerprint density at radius 3 is 2.73 bits per heavy atom. The van der Waals surface area contributed by atoms with Gasteiger partial charge in [0.2, 0.25) is 5.88 Å². The molecule has 7 heteroatoms. The number of ether oxygens (including phenoxy) is 1. The largest absolute Gasteiger partial charge is 0.483 e. The van der Waals surface area contributed by atoms with Crippen molar-refractivity contribution in [1.82, 2.24) is 5.16 Å². The van der Waals surface area contributed by atoms with Crippen LogP contribution in [0.2, 0.25) is 5.02 Å². The van der Waals surface area contributed by atoms with Gasteiger partial charge in [-0.1, -0.05) is 37.5 Å². The van der Waals surface area contributed by atoms with Crippen LogP contribution in [0.5, 0.6) is 5.75 Å². The normalized spacial score (nSPS) is 11.3. The lowest BCUT2D eigenvalue weighted by Crippen LogP contribution is -2.20. The van der Waals surface area contributed by atoms with E-state index >= 15 is 0 Å². The number of anilines is 1. The summed E-state index contributed by atoms with van der Waals surface area (Å²) in [5, 5.41) is 7.11. The van der Waals surface area contributed by atoms with Gasteiger partial charge >= 0.3 is 0 Å². The number of carbonyl (C=O) groups excluding carboxylic acids is 1. The van der Waals surface area contributed by atoms with E-state index < -0.39 is 0 Å². The molecule has 2 aromatic rings. The number of rotatable bonds is 4. The van der Waals surface area contributed by atoms with Gasteiger partial charge in [-0.25, -0.2) is 0 Å². The minimum absolute atomic E-state index is 0.142. The molecular weight excluding hydrogens is 372 g/mol. The molecule has 118 valence electrons. The van der Waals surface area contributed by atoms with E-state index in [4.69, 9.17) is 20.9 Å². The van der Waals surface area contributed by atoms with Crippen LogP contribution in [0.25, 0.3) is 0 Å². The Balaban J connectivity index is 1.92. The van der Waals surface area contributed by atoms with Gasteiger partial charge in [-0.3, -0.25) is 10.1 Å². The van der Waals surface area contributed by atoms with Crippen LogP contribution in [-0.2, 0) is 10.2 Å². The predicted octanol–water partition coefficient (Wildman–Crippen LogP) is 4.41. The van der Waals surface area contributed by atoms with Gasteiger partial charge in [0.05, 0.1) is 10.2 Å². The lowest BCUT2D eigenvalue weighted by atomic mass is 9.92. The Kier molecular flexibility index (Phi) is 5.13. The minimum atomic E-state index is -0.335. The van der Waals surface area contributed by atoms with Crippen LogP contribution >= 0.6 is 27.5 Å². The highest BCUT2D eigenvalue weighted by molar-refractivity contribution is 9.10. The van der Waals surface area contributed by atoms with E-state index in [1.165, 1.54) is 0 Å². The van der Waals surface area contributed by atoms with E-state index in [0.717, 1.165) is 5.69 Å². The molecule has 1 aromatic carbocycles. The molecule has 0 saturated heterocycles. The summed E-state index contributed by atoms with van der Waals surface area (Å²) in [4.78, 5) is 11.9. The second-order valence-electron chi connectivity index (χ2n) is 5.74. The first-order valence-corrected chi connectivity index (χ1v) is 7.78. The standard InChI is InChI=1S/C15H16BrClN2O3/c1-15(2,3)12-7-14(22-19-12)18-13(20)8-21-11-5-4-9(17)6-10(11)16/h4-7H,8H2,1-3H3,(H,18,20). The first-order valence-electron chi connectivity index (χ1n) is 6.60. The molecule has 0 aliphatic carbocycles. The van der Waals surface area contributed by atoms with E-state index in [0.29, 0.717) is 21.1 Å². The molecule has 0 saturated carbocycles. The van der Waals surface area contributed by atoms with Crippen molar-refractivity contribution in [2.75, 3.05) is 11.9 Å². The highest BCUT2D eigenvalue weighted by Crippen LogP contribution is 2.28. The third-order valence-electron chi connectivity index (χ3n) is 2.79. The number of hydrogen-bond acceptors (Lipinski definition) is 4. The highest BCUT2D eigenvalue weighted by Gasteiger charge is 2.19. The Morgan fingerprint density at radius 1 is 1.41 bits per heavy atom. The summed E-state index contributed by atoms with van der Waals surface area (Å²) >= 11 is 9.16. The fourth-order valence-corrected chi connectivity index (χ4v) is 2.39. The molecule has 0 spiro atoms. The number of benzene rings is 1. The van der Waals surface area contributed by atoms with Crippen LogP contribution in [0.4, 0.5) is 5.88 Å². The lowest BCUT2D eigenvalue weighted by Gasteiger charge is -2.12. The van der Waals surface area contributed by atoms with E-state index in [2.05, 4.69) is 26.4 Å². The van der Waals surface area contributed by atoms with Crippen LogP contribution in [0.15, 0.2) is 33.3 Å². The van der Waals surface area contributed by atoms with Crippen molar-refractivity contribution in [3.05, 3.63) is 39.5 Å². The molecule has 0 aliphatic heterocycles. The molecule has 1 N–H and O–H groups in total. The van der Waals surface area contributed by atoms with Crippen molar-refractivity contribution in [2.24, 2.45) is 0 Å². The SMILES string of the molecule is CC(C)(C)c1cc(NC(=O)COc2ccc(Cl)cc2Br)on1. The molecule has 1 amide bonds. The van der Waals surface area contributed by atoms with Crippen LogP contribution in [-0.4, -0.2) is 17.7 Å². The zero-order valence-corrected chi connectivity index (χ0v) is 14.8. The molecule has 1 aromatic heterocycles. The predicted molar refractivity (Wildman–Crippen MR) is 88.5 cm³/mol. The first kappa shape index (κ1) is 16.8. The Morgan fingerprint density at radius 2 is 2.14 bits per heavy atom. The van der Waals surface area contributed by atoms with Crippen LogP contribution < -0.4 is 10.1 Å². The first-order chi connectivity index (χ1) is 10.3. The summed E-state index contributed by atoms with van der Waals surface area (Å²) in [6.07, 6.45) is 0. The smallest absolute Gasteiger partial charge is 0.264 e. The monoisotopic (exact) mass is 386 g/mol. The average molecular weight is 388 g/mol. The van der Waals surface area contributed by atoms with Gasteiger partial charge in [0.1, 0.15) is 5.75 Å². The maximum Gasteiger partial charge on any atom is 0.264 e. The van der Waals surface area contributed by atoms with E-state index in [9.17, 15) is 4.79 Å². The number of nitrogens with zero attached hydrogens (tertiary/aromatic N) is 1. The topological polar surface area (TPSA) is 64.4 Å². The van der Waals surface area contributed by atoms with Crippen molar-refractivity contribution in [3.8, 4) is 5.75 Å². The number of amides is 1. The number of aromatic nitrogens is 1. The van der Waals surface area contributed by atoms with Crippen molar-refractivity contribution >= 4 is 39.3 Å². The highest BCUT2D eigenvalue weighted by atomic mass is 79.9. The van der Waals surface area contributed by atoms with Gasteiger partial charge in [-0.15, -0.1) is 0 Å². The molecule has 0 radical (unpaired) electrons. The molecule has 22 heavy (non-hydrogen) atoms. The van der Waals surface area contributed by atoms with E-state index in [1.54, 1.807) is 24.3 Å². The summed E-state index contributed by atoms with van der Waals surface area (Å²) in [7, 11) is 0. The van der Waals surface area contributed by atoms with Crippen LogP contribution in [0, 0.1) is 0 Å². The average Bonchev–Trinajstić information content (AvgIpc) is 2.86. The number of carbonyl (C=O) groups is 1. The summed E-state index contributed by atoms with van der Waals surface area (Å²) in [5.74, 6) is 0.500. The third kappa shape index (κ3) is 4.48. The maximum absolute atomic E-state index is 11.9. The van der Waals surface area contributed by atoms with Crippen molar-refractivity contribution < 1.29 is 14.1 Å². The molecule has 0 atom stereocenters.